The van der Waals surface area contributed by atoms with Gasteiger partial charge in [-0.3, -0.25) is 4.98 Å². The van der Waals surface area contributed by atoms with Crippen LogP contribution in [0.2, 0.25) is 0 Å². The zero-order valence-electron chi connectivity index (χ0n) is 8.49. The predicted molar refractivity (Wildman–Crippen MR) is 53.3 cm³/mol. The molecule has 0 aliphatic heterocycles. The topological polar surface area (TPSA) is 33.1 Å². The van der Waals surface area contributed by atoms with Crippen molar-refractivity contribution in [2.45, 2.75) is 32.8 Å². The molecule has 2 atom stereocenters. The summed E-state index contributed by atoms with van der Waals surface area (Å²) in [5, 5.41) is 10.2. The van der Waals surface area contributed by atoms with Gasteiger partial charge < -0.3 is 5.11 Å². The Morgan fingerprint density at radius 2 is 2.31 bits per heavy atom. The van der Waals surface area contributed by atoms with Crippen LogP contribution in [0.1, 0.15) is 32.8 Å². The summed E-state index contributed by atoms with van der Waals surface area (Å²) in [6.45, 7) is 5.97. The molecule has 0 fully saturated rings. The van der Waals surface area contributed by atoms with Gasteiger partial charge in [-0.1, -0.05) is 26.3 Å². The van der Waals surface area contributed by atoms with Gasteiger partial charge in [0.25, 0.3) is 0 Å². The van der Waals surface area contributed by atoms with Crippen LogP contribution >= 0.6 is 0 Å². The summed E-state index contributed by atoms with van der Waals surface area (Å²) in [4.78, 5) is 4.01. The fourth-order valence-corrected chi connectivity index (χ4v) is 1.34. The van der Waals surface area contributed by atoms with Gasteiger partial charge in [-0.25, -0.2) is 0 Å². The van der Waals surface area contributed by atoms with E-state index in [1.165, 1.54) is 0 Å². The molecular formula is C11H17NO. The van der Waals surface area contributed by atoms with Crippen LogP contribution in [0.5, 0.6) is 0 Å². The molecule has 0 spiro atoms. The highest BCUT2D eigenvalue weighted by Crippen LogP contribution is 2.30. The van der Waals surface area contributed by atoms with Crippen molar-refractivity contribution in [3.8, 4) is 0 Å². The number of nitrogens with zero attached hydrogens (tertiary/aromatic N) is 1. The van der Waals surface area contributed by atoms with Gasteiger partial charge in [0.2, 0.25) is 0 Å². The molecule has 1 aromatic rings. The number of pyridine rings is 1. The molecule has 1 N–H and O–H groups in total. The van der Waals surface area contributed by atoms with Crippen molar-refractivity contribution >= 4 is 0 Å². The molecule has 1 heterocycles. The fourth-order valence-electron chi connectivity index (χ4n) is 1.34. The van der Waals surface area contributed by atoms with Crippen LogP contribution in [0, 0.1) is 5.92 Å². The Morgan fingerprint density at radius 3 is 2.77 bits per heavy atom. The van der Waals surface area contributed by atoms with Gasteiger partial charge in [0.05, 0.1) is 5.60 Å². The third-order valence-corrected chi connectivity index (χ3v) is 2.82. The van der Waals surface area contributed by atoms with Crippen molar-refractivity contribution in [3.05, 3.63) is 30.1 Å². The smallest absolute Gasteiger partial charge is 0.0908 e. The molecule has 1 rings (SSSR count). The summed E-state index contributed by atoms with van der Waals surface area (Å²) in [6, 6.07) is 3.77. The summed E-state index contributed by atoms with van der Waals surface area (Å²) in [7, 11) is 0. The number of aromatic nitrogens is 1. The molecule has 13 heavy (non-hydrogen) atoms. The van der Waals surface area contributed by atoms with E-state index in [1.54, 1.807) is 12.4 Å². The van der Waals surface area contributed by atoms with E-state index < -0.39 is 5.60 Å². The minimum Gasteiger partial charge on any atom is -0.385 e. The molecular weight excluding hydrogens is 162 g/mol. The highest BCUT2D eigenvalue weighted by molar-refractivity contribution is 5.17. The molecule has 0 radical (unpaired) electrons. The van der Waals surface area contributed by atoms with Crippen LogP contribution in [0.25, 0.3) is 0 Å². The van der Waals surface area contributed by atoms with Crippen LogP contribution in [0.15, 0.2) is 24.5 Å². The van der Waals surface area contributed by atoms with Crippen LogP contribution in [0.4, 0.5) is 0 Å². The number of hydrogen-bond acceptors (Lipinski definition) is 2. The van der Waals surface area contributed by atoms with Crippen molar-refractivity contribution in [3.63, 3.8) is 0 Å². The molecule has 72 valence electrons. The lowest BCUT2D eigenvalue weighted by Gasteiger charge is -2.29. The maximum atomic E-state index is 10.2. The van der Waals surface area contributed by atoms with Gasteiger partial charge >= 0.3 is 0 Å². The molecule has 0 aromatic carbocycles. The van der Waals surface area contributed by atoms with Crippen molar-refractivity contribution in [2.75, 3.05) is 0 Å². The standard InChI is InChI=1S/C11H17NO/c1-4-9(2)11(3,13)10-6-5-7-12-8-10/h5-9,13H,4H2,1-3H3. The summed E-state index contributed by atoms with van der Waals surface area (Å²) in [6.07, 6.45) is 4.41. The first-order chi connectivity index (χ1) is 6.09. The summed E-state index contributed by atoms with van der Waals surface area (Å²) < 4.78 is 0. The van der Waals surface area contributed by atoms with Crippen LogP contribution in [0.3, 0.4) is 0 Å². The lowest BCUT2D eigenvalue weighted by atomic mass is 9.83. The second-order valence-electron chi connectivity index (χ2n) is 3.70. The van der Waals surface area contributed by atoms with Crippen molar-refractivity contribution < 1.29 is 5.11 Å². The maximum absolute atomic E-state index is 10.2. The summed E-state index contributed by atoms with van der Waals surface area (Å²) in [5.74, 6) is 0.247. The largest absolute Gasteiger partial charge is 0.385 e. The van der Waals surface area contributed by atoms with E-state index in [2.05, 4.69) is 11.9 Å². The summed E-state index contributed by atoms with van der Waals surface area (Å²) >= 11 is 0. The predicted octanol–water partition coefficient (Wildman–Crippen LogP) is 2.34. The first-order valence-corrected chi connectivity index (χ1v) is 4.72. The van der Waals surface area contributed by atoms with E-state index in [0.717, 1.165) is 12.0 Å². The lowest BCUT2D eigenvalue weighted by Crippen LogP contribution is -2.29. The van der Waals surface area contributed by atoms with Gasteiger partial charge in [0.15, 0.2) is 0 Å². The van der Waals surface area contributed by atoms with E-state index in [1.807, 2.05) is 26.0 Å². The minimum absolute atomic E-state index is 0.247. The van der Waals surface area contributed by atoms with Gasteiger partial charge in [0.1, 0.15) is 0 Å². The van der Waals surface area contributed by atoms with Gasteiger partial charge in [-0.2, -0.15) is 0 Å². The van der Waals surface area contributed by atoms with E-state index in [9.17, 15) is 5.11 Å². The van der Waals surface area contributed by atoms with E-state index in [4.69, 9.17) is 0 Å². The monoisotopic (exact) mass is 179 g/mol. The van der Waals surface area contributed by atoms with Crippen LogP contribution in [-0.4, -0.2) is 10.1 Å². The Bertz CT molecular complexity index is 256. The number of aliphatic hydroxyl groups is 1. The van der Waals surface area contributed by atoms with E-state index in [0.29, 0.717) is 0 Å². The second-order valence-corrected chi connectivity index (χ2v) is 3.70. The first kappa shape index (κ1) is 10.2. The maximum Gasteiger partial charge on any atom is 0.0908 e. The Morgan fingerprint density at radius 1 is 1.62 bits per heavy atom. The Kier molecular flexibility index (Phi) is 3.04. The minimum atomic E-state index is -0.761. The van der Waals surface area contributed by atoms with Crippen molar-refractivity contribution in [1.82, 2.24) is 4.98 Å². The van der Waals surface area contributed by atoms with Crippen molar-refractivity contribution in [2.24, 2.45) is 5.92 Å². The quantitative estimate of drug-likeness (QED) is 0.772. The normalized spacial score (nSPS) is 17.8. The molecule has 0 saturated heterocycles. The zero-order valence-corrected chi connectivity index (χ0v) is 8.49. The van der Waals surface area contributed by atoms with Gasteiger partial charge in [0, 0.05) is 18.0 Å². The highest BCUT2D eigenvalue weighted by atomic mass is 16.3. The molecule has 2 unspecified atom stereocenters. The average Bonchev–Trinajstić information content (AvgIpc) is 2.18. The van der Waals surface area contributed by atoms with E-state index in [-0.39, 0.29) is 5.92 Å². The van der Waals surface area contributed by atoms with Crippen LogP contribution in [-0.2, 0) is 5.60 Å². The number of hydrogen-bond donors (Lipinski definition) is 1. The van der Waals surface area contributed by atoms with Gasteiger partial charge in [-0.05, 0) is 18.9 Å². The molecule has 0 amide bonds. The molecule has 2 heteroatoms. The molecule has 1 aromatic heterocycles. The van der Waals surface area contributed by atoms with Crippen molar-refractivity contribution in [1.29, 1.82) is 0 Å². The second kappa shape index (κ2) is 3.88. The van der Waals surface area contributed by atoms with E-state index >= 15 is 0 Å². The highest BCUT2D eigenvalue weighted by Gasteiger charge is 2.28. The third kappa shape index (κ3) is 2.07. The number of rotatable bonds is 3. The average molecular weight is 179 g/mol. The molecule has 0 aliphatic carbocycles. The molecule has 0 saturated carbocycles. The Labute approximate surface area is 79.6 Å². The Balaban J connectivity index is 2.93. The lowest BCUT2D eigenvalue weighted by molar-refractivity contribution is -0.000282. The first-order valence-electron chi connectivity index (χ1n) is 4.72. The zero-order chi connectivity index (χ0) is 9.90. The fraction of sp³-hybridized carbons (Fsp3) is 0.545. The summed E-state index contributed by atoms with van der Waals surface area (Å²) in [5.41, 5.74) is 0.132. The molecule has 0 aliphatic rings. The third-order valence-electron chi connectivity index (χ3n) is 2.82. The SMILES string of the molecule is CCC(C)C(C)(O)c1cccnc1. The van der Waals surface area contributed by atoms with Gasteiger partial charge in [-0.15, -0.1) is 0 Å². The molecule has 0 bridgehead atoms. The van der Waals surface area contributed by atoms with Crippen LogP contribution < -0.4 is 0 Å². The Hall–Kier alpha value is -0.890. The molecule has 2 nitrogen and oxygen atoms in total.